The average molecular weight is 510 g/mol. The first-order valence-corrected chi connectivity index (χ1v) is 15.4. The summed E-state index contributed by atoms with van der Waals surface area (Å²) in [5, 5.41) is 10.8. The van der Waals surface area contributed by atoms with Crippen molar-refractivity contribution in [1.82, 2.24) is 10.2 Å². The van der Waals surface area contributed by atoms with E-state index in [0.717, 1.165) is 70.8 Å². The largest absolute Gasteiger partial charge is 0.387 e. The van der Waals surface area contributed by atoms with Gasteiger partial charge in [-0.1, -0.05) is 6.42 Å². The summed E-state index contributed by atoms with van der Waals surface area (Å²) in [5.41, 5.74) is 11.4. The molecule has 9 nitrogen and oxygen atoms in total. The Bertz CT molecular complexity index is 917. The standard InChI is InChI=1S/C25H43N5O4S/c1-35(33,34)20-4-2-3-19(13-20)29-25(32)22-11-17-9-10-18(23(26)27)12-21(17)30(22)14-15-5-7-16(8-6-15)24(28)31/h15-22H,2-14H2,1H3,(H3,26,27)(H2,28,31)(H,29,32). The maximum Gasteiger partial charge on any atom is 0.237 e. The smallest absolute Gasteiger partial charge is 0.237 e. The fourth-order valence-corrected chi connectivity index (χ4v) is 8.41. The molecule has 35 heavy (non-hydrogen) atoms. The third-order valence-corrected chi connectivity index (χ3v) is 11.0. The molecular weight excluding hydrogens is 466 g/mol. The van der Waals surface area contributed by atoms with E-state index in [2.05, 4.69) is 10.2 Å². The van der Waals surface area contributed by atoms with Gasteiger partial charge < -0.3 is 16.8 Å². The Balaban J connectivity index is 1.45. The molecule has 1 aliphatic heterocycles. The molecule has 4 aliphatic rings. The van der Waals surface area contributed by atoms with Crippen molar-refractivity contribution in [1.29, 1.82) is 5.41 Å². The number of fused-ring (bicyclic) bond motifs is 1. The number of likely N-dealkylation sites (tertiary alicyclic amines) is 1. The summed E-state index contributed by atoms with van der Waals surface area (Å²) in [6.45, 7) is 0.811. The monoisotopic (exact) mass is 509 g/mol. The highest BCUT2D eigenvalue weighted by molar-refractivity contribution is 7.91. The van der Waals surface area contributed by atoms with E-state index >= 15 is 0 Å². The fourth-order valence-electron chi connectivity index (χ4n) is 7.24. The van der Waals surface area contributed by atoms with Crippen LogP contribution in [0, 0.1) is 29.1 Å². The predicted molar refractivity (Wildman–Crippen MR) is 135 cm³/mol. The molecule has 0 spiro atoms. The molecule has 3 saturated carbocycles. The Morgan fingerprint density at radius 3 is 2.26 bits per heavy atom. The number of rotatable bonds is 7. The van der Waals surface area contributed by atoms with Gasteiger partial charge in [0.25, 0.3) is 0 Å². The highest BCUT2D eigenvalue weighted by atomic mass is 32.2. The summed E-state index contributed by atoms with van der Waals surface area (Å²) in [4.78, 5) is 27.6. The minimum atomic E-state index is -3.11. The van der Waals surface area contributed by atoms with Gasteiger partial charge in [-0.05, 0) is 82.5 Å². The van der Waals surface area contributed by atoms with Gasteiger partial charge in [-0.25, -0.2) is 8.42 Å². The molecule has 0 aromatic rings. The number of carbonyl (C=O) groups excluding carboxylic acids is 2. The molecule has 0 bridgehead atoms. The summed E-state index contributed by atoms with van der Waals surface area (Å²) in [6, 6.07) is -0.100. The fraction of sp³-hybridized carbons (Fsp3) is 0.880. The zero-order chi connectivity index (χ0) is 25.3. The van der Waals surface area contributed by atoms with Crippen molar-refractivity contribution in [2.24, 2.45) is 35.1 Å². The summed E-state index contributed by atoms with van der Waals surface area (Å²) in [5.74, 6) is 0.914. The van der Waals surface area contributed by atoms with Crippen LogP contribution in [0.3, 0.4) is 0 Å². The van der Waals surface area contributed by atoms with Crippen molar-refractivity contribution in [3.63, 3.8) is 0 Å². The number of hydrogen-bond acceptors (Lipinski definition) is 6. The van der Waals surface area contributed by atoms with E-state index in [1.165, 1.54) is 6.26 Å². The molecule has 3 aliphatic carbocycles. The Labute approximate surface area is 209 Å². The van der Waals surface area contributed by atoms with Gasteiger partial charge in [0.2, 0.25) is 11.8 Å². The first-order valence-electron chi connectivity index (χ1n) is 13.4. The molecule has 0 aromatic carbocycles. The highest BCUT2D eigenvalue weighted by Crippen LogP contribution is 2.43. The third kappa shape index (κ3) is 6.18. The number of carbonyl (C=O) groups is 2. The van der Waals surface area contributed by atoms with E-state index in [1.54, 1.807) is 0 Å². The van der Waals surface area contributed by atoms with Crippen molar-refractivity contribution < 1.29 is 18.0 Å². The van der Waals surface area contributed by atoms with Crippen LogP contribution in [0.1, 0.15) is 77.0 Å². The molecule has 6 unspecified atom stereocenters. The molecule has 4 rings (SSSR count). The Morgan fingerprint density at radius 1 is 0.943 bits per heavy atom. The molecule has 0 aromatic heterocycles. The zero-order valence-electron chi connectivity index (χ0n) is 21.0. The summed E-state index contributed by atoms with van der Waals surface area (Å²) < 4.78 is 24.2. The molecule has 6 N–H and O–H groups in total. The van der Waals surface area contributed by atoms with Gasteiger partial charge in [0.05, 0.1) is 17.1 Å². The lowest BCUT2D eigenvalue weighted by atomic mass is 9.77. The summed E-state index contributed by atoms with van der Waals surface area (Å²) in [6.07, 6.45) is 11.1. The van der Waals surface area contributed by atoms with Crippen molar-refractivity contribution in [3.05, 3.63) is 0 Å². The van der Waals surface area contributed by atoms with Crippen molar-refractivity contribution >= 4 is 27.5 Å². The van der Waals surface area contributed by atoms with E-state index in [4.69, 9.17) is 16.9 Å². The highest BCUT2D eigenvalue weighted by Gasteiger charge is 2.48. The van der Waals surface area contributed by atoms with E-state index in [9.17, 15) is 18.0 Å². The lowest BCUT2D eigenvalue weighted by molar-refractivity contribution is -0.127. The number of primary amides is 1. The molecule has 2 amide bonds. The van der Waals surface area contributed by atoms with Crippen LogP contribution < -0.4 is 16.8 Å². The van der Waals surface area contributed by atoms with Gasteiger partial charge in [-0.3, -0.25) is 19.9 Å². The zero-order valence-corrected chi connectivity index (χ0v) is 21.8. The molecular formula is C25H43N5O4S. The second-order valence-electron chi connectivity index (χ2n) is 11.7. The Kier molecular flexibility index (Phi) is 8.10. The number of nitrogens with two attached hydrogens (primary N) is 2. The average Bonchev–Trinajstić information content (AvgIpc) is 3.16. The van der Waals surface area contributed by atoms with E-state index < -0.39 is 9.84 Å². The van der Waals surface area contributed by atoms with Crippen LogP contribution in [0.5, 0.6) is 0 Å². The number of amides is 2. The number of amidine groups is 1. The minimum Gasteiger partial charge on any atom is -0.387 e. The molecule has 1 heterocycles. The van der Waals surface area contributed by atoms with Gasteiger partial charge in [-0.2, -0.15) is 0 Å². The van der Waals surface area contributed by atoms with Gasteiger partial charge in [0.1, 0.15) is 9.84 Å². The summed E-state index contributed by atoms with van der Waals surface area (Å²) in [7, 11) is -3.11. The minimum absolute atomic E-state index is 0.0174. The number of nitrogens with zero attached hydrogens (tertiary/aromatic N) is 1. The lowest BCUT2D eigenvalue weighted by Gasteiger charge is -2.40. The van der Waals surface area contributed by atoms with E-state index in [-0.39, 0.29) is 52.9 Å². The maximum atomic E-state index is 13.6. The second kappa shape index (κ2) is 10.7. The number of sulfone groups is 1. The maximum absolute atomic E-state index is 13.6. The van der Waals surface area contributed by atoms with Crippen LogP contribution in [0.15, 0.2) is 0 Å². The van der Waals surface area contributed by atoms with Gasteiger partial charge in [0.15, 0.2) is 0 Å². The van der Waals surface area contributed by atoms with Crippen LogP contribution in [0.2, 0.25) is 0 Å². The first kappa shape index (κ1) is 26.4. The van der Waals surface area contributed by atoms with Gasteiger partial charge in [-0.15, -0.1) is 0 Å². The molecule has 1 saturated heterocycles. The third-order valence-electron chi connectivity index (χ3n) is 9.35. The second-order valence-corrected chi connectivity index (χ2v) is 14.0. The van der Waals surface area contributed by atoms with Crippen molar-refractivity contribution in [3.8, 4) is 0 Å². The van der Waals surface area contributed by atoms with E-state index in [1.807, 2.05) is 0 Å². The molecule has 4 fully saturated rings. The quantitative estimate of drug-likeness (QED) is 0.301. The summed E-state index contributed by atoms with van der Waals surface area (Å²) >= 11 is 0. The van der Waals surface area contributed by atoms with Crippen molar-refractivity contribution in [2.45, 2.75) is 100 Å². The normalized spacial score (nSPS) is 38.4. The molecule has 0 radical (unpaired) electrons. The van der Waals surface area contributed by atoms with E-state index in [0.29, 0.717) is 24.7 Å². The number of nitrogens with one attached hydrogen (secondary N) is 2. The predicted octanol–water partition coefficient (Wildman–Crippen LogP) is 1.55. The molecule has 6 atom stereocenters. The number of hydrogen-bond donors (Lipinski definition) is 4. The van der Waals surface area contributed by atoms with Crippen LogP contribution in [-0.4, -0.2) is 67.1 Å². The first-order chi connectivity index (χ1) is 16.5. The molecule has 10 heteroatoms. The van der Waals surface area contributed by atoms with Gasteiger partial charge >= 0.3 is 0 Å². The molecule has 198 valence electrons. The van der Waals surface area contributed by atoms with Crippen molar-refractivity contribution in [2.75, 3.05) is 12.8 Å². The van der Waals surface area contributed by atoms with Crippen LogP contribution >= 0.6 is 0 Å². The van der Waals surface area contributed by atoms with Crippen LogP contribution in [-0.2, 0) is 19.4 Å². The van der Waals surface area contributed by atoms with Crippen LogP contribution in [0.25, 0.3) is 0 Å². The lowest BCUT2D eigenvalue weighted by Crippen LogP contribution is -2.52. The Morgan fingerprint density at radius 2 is 1.63 bits per heavy atom. The Hall–Kier alpha value is -1.68. The van der Waals surface area contributed by atoms with Gasteiger partial charge in [0, 0.05) is 36.7 Å². The topological polar surface area (TPSA) is 159 Å². The van der Waals surface area contributed by atoms with Crippen LogP contribution in [0.4, 0.5) is 0 Å². The SMILES string of the molecule is CS(=O)(=O)C1CCCC(NC(=O)C2CC3CCC(C(=N)N)CC3N2CC2CCC(C(N)=O)CC2)C1.